The molecule has 0 aromatic carbocycles. The van der Waals surface area contributed by atoms with E-state index in [1.54, 1.807) is 4.57 Å². The Hall–Kier alpha value is -1.41. The van der Waals surface area contributed by atoms with Crippen LogP contribution in [0.5, 0.6) is 0 Å². The van der Waals surface area contributed by atoms with Crippen molar-refractivity contribution in [3.8, 4) is 0 Å². The molecule has 0 N–H and O–H groups in total. The number of imidazole rings is 1. The first-order chi connectivity index (χ1) is 8.98. The summed E-state index contributed by atoms with van der Waals surface area (Å²) in [5.41, 5.74) is 0. The molecule has 106 valence electrons. The molecule has 7 nitrogen and oxygen atoms in total. The van der Waals surface area contributed by atoms with Gasteiger partial charge in [-0.2, -0.15) is 4.31 Å². The van der Waals surface area contributed by atoms with Crippen molar-refractivity contribution in [2.45, 2.75) is 24.9 Å². The molecule has 1 atom stereocenters. The molecule has 1 aromatic heterocycles. The van der Waals surface area contributed by atoms with Crippen molar-refractivity contribution in [1.82, 2.24) is 13.9 Å². The Morgan fingerprint density at radius 2 is 2.32 bits per heavy atom. The van der Waals surface area contributed by atoms with Gasteiger partial charge in [0.25, 0.3) is 10.0 Å². The molecular weight excluding hydrogens is 270 g/mol. The van der Waals surface area contributed by atoms with Crippen LogP contribution >= 0.6 is 0 Å². The topological polar surface area (TPSA) is 81.5 Å². The summed E-state index contributed by atoms with van der Waals surface area (Å²) in [6.07, 6.45) is 3.47. The largest absolute Gasteiger partial charge is 0.469 e. The number of aryl methyl sites for hydroxylation is 1. The first-order valence-electron chi connectivity index (χ1n) is 6.08. The number of methoxy groups -OCH3 is 1. The Balaban J connectivity index is 2.15. The second-order valence-electron chi connectivity index (χ2n) is 4.41. The number of esters is 1. The van der Waals surface area contributed by atoms with E-state index in [4.69, 9.17) is 0 Å². The van der Waals surface area contributed by atoms with E-state index in [2.05, 4.69) is 9.72 Å². The molecule has 19 heavy (non-hydrogen) atoms. The number of nitrogens with zero attached hydrogens (tertiary/aromatic N) is 3. The number of carbonyl (C=O) groups excluding carboxylic acids is 1. The first kappa shape index (κ1) is 14.0. The van der Waals surface area contributed by atoms with Gasteiger partial charge in [0.2, 0.25) is 0 Å². The van der Waals surface area contributed by atoms with E-state index in [1.807, 2.05) is 6.92 Å². The zero-order valence-corrected chi connectivity index (χ0v) is 11.8. The second kappa shape index (κ2) is 5.30. The van der Waals surface area contributed by atoms with E-state index in [9.17, 15) is 13.2 Å². The number of carbonyl (C=O) groups is 1. The molecule has 0 aliphatic carbocycles. The highest BCUT2D eigenvalue weighted by atomic mass is 32.2. The van der Waals surface area contributed by atoms with E-state index in [-0.39, 0.29) is 23.5 Å². The standard InChI is InChI=1S/C11H17N3O4S/c1-3-13-7-10(12-8-13)19(16,17)14-5-4-9(6-14)11(15)18-2/h7-9H,3-6H2,1-2H3. The maximum atomic E-state index is 12.3. The van der Waals surface area contributed by atoms with Gasteiger partial charge in [-0.15, -0.1) is 0 Å². The van der Waals surface area contributed by atoms with Crippen LogP contribution in [0, 0.1) is 5.92 Å². The normalized spacial score (nSPS) is 20.6. The molecule has 1 saturated heterocycles. The molecule has 0 amide bonds. The number of hydrogen-bond acceptors (Lipinski definition) is 5. The maximum Gasteiger partial charge on any atom is 0.310 e. The molecule has 0 radical (unpaired) electrons. The molecular formula is C11H17N3O4S. The van der Waals surface area contributed by atoms with Crippen LogP contribution in [-0.2, 0) is 26.1 Å². The Labute approximate surface area is 112 Å². The van der Waals surface area contributed by atoms with Gasteiger partial charge in [0.1, 0.15) is 0 Å². The number of hydrogen-bond donors (Lipinski definition) is 0. The third-order valence-corrected chi connectivity index (χ3v) is 5.02. The van der Waals surface area contributed by atoms with Crippen LogP contribution in [0.3, 0.4) is 0 Å². The van der Waals surface area contributed by atoms with Crippen molar-refractivity contribution in [3.63, 3.8) is 0 Å². The Bertz CT molecular complexity index is 566. The summed E-state index contributed by atoms with van der Waals surface area (Å²) >= 11 is 0. The number of ether oxygens (including phenoxy) is 1. The van der Waals surface area contributed by atoms with E-state index >= 15 is 0 Å². The summed E-state index contributed by atoms with van der Waals surface area (Å²) in [7, 11) is -2.30. The van der Waals surface area contributed by atoms with Gasteiger partial charge in [0.15, 0.2) is 5.03 Å². The highest BCUT2D eigenvalue weighted by Crippen LogP contribution is 2.24. The zero-order valence-electron chi connectivity index (χ0n) is 10.9. The number of rotatable bonds is 4. The average molecular weight is 287 g/mol. The predicted molar refractivity (Wildman–Crippen MR) is 66.8 cm³/mol. The molecule has 0 spiro atoms. The van der Waals surface area contributed by atoms with Crippen molar-refractivity contribution in [3.05, 3.63) is 12.5 Å². The van der Waals surface area contributed by atoms with Gasteiger partial charge in [0.05, 0.1) is 19.4 Å². The van der Waals surface area contributed by atoms with Gasteiger partial charge >= 0.3 is 5.97 Å². The number of sulfonamides is 1. The van der Waals surface area contributed by atoms with Crippen molar-refractivity contribution in [2.24, 2.45) is 5.92 Å². The molecule has 1 aromatic rings. The lowest BCUT2D eigenvalue weighted by atomic mass is 10.1. The van der Waals surface area contributed by atoms with Crippen LogP contribution in [0.4, 0.5) is 0 Å². The average Bonchev–Trinajstić information content (AvgIpc) is 3.06. The third-order valence-electron chi connectivity index (χ3n) is 3.26. The van der Waals surface area contributed by atoms with E-state index in [1.165, 1.54) is 23.9 Å². The van der Waals surface area contributed by atoms with Crippen LogP contribution in [0.25, 0.3) is 0 Å². The molecule has 1 unspecified atom stereocenters. The minimum Gasteiger partial charge on any atom is -0.469 e. The van der Waals surface area contributed by atoms with E-state index < -0.39 is 10.0 Å². The summed E-state index contributed by atoms with van der Waals surface area (Å²) in [5.74, 6) is -0.746. The predicted octanol–water partition coefficient (Wildman–Crippen LogP) is 0.0866. The highest BCUT2D eigenvalue weighted by Gasteiger charge is 2.37. The van der Waals surface area contributed by atoms with Gasteiger partial charge in [-0.3, -0.25) is 4.79 Å². The summed E-state index contributed by atoms with van der Waals surface area (Å²) in [4.78, 5) is 15.3. The van der Waals surface area contributed by atoms with Crippen LogP contribution in [0.2, 0.25) is 0 Å². The summed E-state index contributed by atoms with van der Waals surface area (Å²) < 4.78 is 32.3. The molecule has 0 saturated carbocycles. The van der Waals surface area contributed by atoms with Crippen molar-refractivity contribution in [1.29, 1.82) is 0 Å². The lowest BCUT2D eigenvalue weighted by Crippen LogP contribution is -2.30. The summed E-state index contributed by atoms with van der Waals surface area (Å²) in [5, 5.41) is 0.0277. The lowest BCUT2D eigenvalue weighted by molar-refractivity contribution is -0.144. The molecule has 8 heteroatoms. The molecule has 1 aliphatic rings. The fourth-order valence-corrected chi connectivity index (χ4v) is 3.52. The summed E-state index contributed by atoms with van der Waals surface area (Å²) in [6.45, 7) is 3.05. The van der Waals surface area contributed by atoms with Crippen molar-refractivity contribution in [2.75, 3.05) is 20.2 Å². The zero-order chi connectivity index (χ0) is 14.0. The quantitative estimate of drug-likeness (QED) is 0.733. The van der Waals surface area contributed by atoms with Crippen molar-refractivity contribution >= 4 is 16.0 Å². The van der Waals surface area contributed by atoms with Gasteiger partial charge in [-0.1, -0.05) is 0 Å². The minimum atomic E-state index is -3.61. The Morgan fingerprint density at radius 3 is 2.89 bits per heavy atom. The Kier molecular flexibility index (Phi) is 3.91. The molecule has 2 rings (SSSR count). The second-order valence-corrected chi connectivity index (χ2v) is 6.30. The SMILES string of the molecule is CCn1cnc(S(=O)(=O)N2CCC(C(=O)OC)C2)c1. The number of aromatic nitrogens is 2. The van der Waals surface area contributed by atoms with Gasteiger partial charge in [-0.05, 0) is 13.3 Å². The third kappa shape index (κ3) is 2.64. The van der Waals surface area contributed by atoms with Crippen LogP contribution in [-0.4, -0.2) is 48.4 Å². The maximum absolute atomic E-state index is 12.3. The highest BCUT2D eigenvalue weighted by molar-refractivity contribution is 7.89. The minimum absolute atomic E-state index is 0.0277. The van der Waals surface area contributed by atoms with Crippen molar-refractivity contribution < 1.29 is 17.9 Å². The van der Waals surface area contributed by atoms with E-state index in [0.29, 0.717) is 19.5 Å². The Morgan fingerprint density at radius 1 is 1.58 bits per heavy atom. The smallest absolute Gasteiger partial charge is 0.310 e. The molecule has 0 bridgehead atoms. The molecule has 1 aliphatic heterocycles. The van der Waals surface area contributed by atoms with Crippen LogP contribution < -0.4 is 0 Å². The van der Waals surface area contributed by atoms with Gasteiger partial charge < -0.3 is 9.30 Å². The first-order valence-corrected chi connectivity index (χ1v) is 7.52. The van der Waals surface area contributed by atoms with Crippen LogP contribution in [0.15, 0.2) is 17.6 Å². The fraction of sp³-hybridized carbons (Fsp3) is 0.636. The van der Waals surface area contributed by atoms with E-state index in [0.717, 1.165) is 0 Å². The van der Waals surface area contributed by atoms with Gasteiger partial charge in [0, 0.05) is 25.8 Å². The van der Waals surface area contributed by atoms with Crippen LogP contribution in [0.1, 0.15) is 13.3 Å². The molecule has 1 fully saturated rings. The lowest BCUT2D eigenvalue weighted by Gasteiger charge is -2.14. The summed E-state index contributed by atoms with van der Waals surface area (Å²) in [6, 6.07) is 0. The molecule has 2 heterocycles. The van der Waals surface area contributed by atoms with Gasteiger partial charge in [-0.25, -0.2) is 13.4 Å². The fourth-order valence-electron chi connectivity index (χ4n) is 2.08. The monoisotopic (exact) mass is 287 g/mol.